The van der Waals surface area contributed by atoms with Gasteiger partial charge in [0.1, 0.15) is 0 Å². The summed E-state index contributed by atoms with van der Waals surface area (Å²) in [5.74, 6) is 1.60. The van der Waals surface area contributed by atoms with E-state index < -0.39 is 0 Å². The first kappa shape index (κ1) is 43.0. The molecular weight excluding hydrogens is 937 g/mol. The predicted octanol–water partition coefficient (Wildman–Crippen LogP) is 16.1. The van der Waals surface area contributed by atoms with Crippen LogP contribution in [0.15, 0.2) is 63.0 Å². The second-order valence-electron chi connectivity index (χ2n) is 8.90. The van der Waals surface area contributed by atoms with Gasteiger partial charge < -0.3 is 9.47 Å². The fourth-order valence-electron chi connectivity index (χ4n) is 4.25. The van der Waals surface area contributed by atoms with Crippen molar-refractivity contribution >= 4 is 211 Å². The lowest BCUT2D eigenvalue weighted by atomic mass is 10.2. The Morgan fingerprint density at radius 3 is 0.878 bits per heavy atom. The monoisotopic (exact) mass is 968 g/mol. The average Bonchev–Trinajstić information content (AvgIpc) is 3.96. The zero-order chi connectivity index (χ0) is 35.2. The van der Waals surface area contributed by atoms with Crippen LogP contribution in [-0.2, 0) is 0 Å². The van der Waals surface area contributed by atoms with Gasteiger partial charge >= 0.3 is 0 Å². The number of ether oxygens (including phenoxy) is 2. The SMILES string of the molecule is COc1c(C(C=C2SC(SC)=C(SC)S2)=C2SC(SC)=C(SC)S2)sc(C(C=C2SC(SC)=C(SC)S2)=C2SC(SC)=C(SC)S2)c1OC. The number of thiophene rings is 1. The molecular formula is C30H32O2S17. The van der Waals surface area contributed by atoms with Gasteiger partial charge in [-0.05, 0) is 62.2 Å². The molecule has 0 atom stereocenters. The molecule has 0 radical (unpaired) electrons. The Morgan fingerprint density at radius 1 is 0.408 bits per heavy atom. The van der Waals surface area contributed by atoms with E-state index in [1.165, 1.54) is 62.0 Å². The summed E-state index contributed by atoms with van der Waals surface area (Å²) in [5.41, 5.74) is 2.40. The molecule has 0 unspecified atom stereocenters. The van der Waals surface area contributed by atoms with Crippen LogP contribution >= 0.6 is 200 Å². The highest BCUT2D eigenvalue weighted by Gasteiger charge is 2.33. The first-order valence-electron chi connectivity index (χ1n) is 13.7. The van der Waals surface area contributed by atoms with Gasteiger partial charge in [0, 0.05) is 11.1 Å². The largest absolute Gasteiger partial charge is 0.491 e. The number of hydrogen-bond donors (Lipinski definition) is 0. The standard InChI is InChI=1S/C30H32O2S17/c1-31-17-18(32-2)20(14(22-48-29(39-9)30(40-10)49-22)12-16-43-25(35-5)26(36-6)44-16)45-19(17)13(21-46-27(37-7)28(38-8)47-21)11-15-41-23(33-3)24(34-4)42-15/h11-12H,1-10H3. The molecule has 1 aromatic heterocycles. The summed E-state index contributed by atoms with van der Waals surface area (Å²) >= 11 is 31.5. The molecule has 4 aliphatic rings. The van der Waals surface area contributed by atoms with Crippen molar-refractivity contribution in [3.8, 4) is 11.5 Å². The third-order valence-corrected chi connectivity index (χ3v) is 28.2. The van der Waals surface area contributed by atoms with Crippen molar-refractivity contribution in [1.82, 2.24) is 0 Å². The summed E-state index contributed by atoms with van der Waals surface area (Å²) < 4.78 is 28.7. The van der Waals surface area contributed by atoms with Crippen LogP contribution in [0.3, 0.4) is 0 Å². The molecule has 5 heterocycles. The molecule has 5 rings (SSSR count). The molecule has 0 fully saturated rings. The van der Waals surface area contributed by atoms with Gasteiger partial charge in [-0.1, -0.05) is 94.1 Å². The molecule has 0 aliphatic carbocycles. The minimum absolute atomic E-state index is 0.801. The Hall–Kier alpha value is 2.82. The van der Waals surface area contributed by atoms with Gasteiger partial charge in [0.2, 0.25) is 0 Å². The number of allylic oxidation sites excluding steroid dienone is 4. The van der Waals surface area contributed by atoms with Gasteiger partial charge in [-0.2, -0.15) is 0 Å². The molecule has 0 N–H and O–H groups in total. The second kappa shape index (κ2) is 20.8. The summed E-state index contributed by atoms with van der Waals surface area (Å²) in [6, 6.07) is 0. The highest BCUT2D eigenvalue weighted by molar-refractivity contribution is 8.42. The third-order valence-electron chi connectivity index (χ3n) is 6.35. The molecule has 4 aliphatic heterocycles. The van der Waals surface area contributed by atoms with Crippen LogP contribution < -0.4 is 9.47 Å². The molecule has 2 nitrogen and oxygen atoms in total. The van der Waals surface area contributed by atoms with Gasteiger partial charge in [0.25, 0.3) is 0 Å². The van der Waals surface area contributed by atoms with Crippen LogP contribution in [0, 0.1) is 0 Å². The van der Waals surface area contributed by atoms with Crippen LogP contribution in [0.5, 0.6) is 11.5 Å². The highest BCUT2D eigenvalue weighted by atomic mass is 32.3. The third kappa shape index (κ3) is 9.86. The number of methoxy groups -OCH3 is 2. The van der Waals surface area contributed by atoms with Crippen molar-refractivity contribution in [2.75, 3.05) is 64.3 Å². The fourth-order valence-corrected chi connectivity index (χ4v) is 25.7. The molecule has 0 aromatic carbocycles. The van der Waals surface area contributed by atoms with Gasteiger partial charge in [0.15, 0.2) is 11.5 Å². The molecule has 0 amide bonds. The van der Waals surface area contributed by atoms with E-state index in [1.807, 2.05) is 188 Å². The first-order chi connectivity index (χ1) is 23.8. The van der Waals surface area contributed by atoms with Crippen molar-refractivity contribution in [3.63, 3.8) is 0 Å². The van der Waals surface area contributed by atoms with Gasteiger partial charge in [-0.3, -0.25) is 0 Å². The van der Waals surface area contributed by atoms with E-state index in [9.17, 15) is 0 Å². The minimum atomic E-state index is 0.801. The van der Waals surface area contributed by atoms with E-state index in [1.54, 1.807) is 25.6 Å². The zero-order valence-corrected chi connectivity index (χ0v) is 41.8. The first-order valence-corrected chi connectivity index (χ1v) is 30.8. The van der Waals surface area contributed by atoms with Gasteiger partial charge in [0.05, 0.1) is 74.8 Å². The topological polar surface area (TPSA) is 18.5 Å². The maximum absolute atomic E-state index is 6.33. The Labute approximate surface area is 363 Å². The van der Waals surface area contributed by atoms with Crippen molar-refractivity contribution < 1.29 is 9.47 Å². The lowest BCUT2D eigenvalue weighted by Crippen LogP contribution is -1.92. The Morgan fingerprint density at radius 2 is 0.653 bits per heavy atom. The van der Waals surface area contributed by atoms with Crippen molar-refractivity contribution in [2.45, 2.75) is 0 Å². The average molecular weight is 970 g/mol. The summed E-state index contributed by atoms with van der Waals surface area (Å²) in [7, 11) is 3.57. The van der Waals surface area contributed by atoms with Crippen LogP contribution in [0.4, 0.5) is 0 Å². The number of thioether (sulfide) groups is 16. The van der Waals surface area contributed by atoms with Crippen molar-refractivity contribution in [1.29, 1.82) is 0 Å². The van der Waals surface area contributed by atoms with E-state index >= 15 is 0 Å². The Kier molecular flexibility index (Phi) is 18.3. The normalized spacial score (nSPS) is 18.3. The maximum atomic E-state index is 6.33. The molecule has 0 bridgehead atoms. The van der Waals surface area contributed by atoms with Gasteiger partial charge in [-0.15, -0.1) is 105 Å². The number of hydrogen-bond acceptors (Lipinski definition) is 19. The van der Waals surface area contributed by atoms with Crippen molar-refractivity contribution in [3.05, 3.63) is 72.8 Å². The van der Waals surface area contributed by atoms with Crippen molar-refractivity contribution in [2.24, 2.45) is 0 Å². The summed E-state index contributed by atoms with van der Waals surface area (Å²) in [6.45, 7) is 0. The highest BCUT2D eigenvalue weighted by Crippen LogP contribution is 2.65. The van der Waals surface area contributed by atoms with E-state index in [0.717, 1.165) is 21.3 Å². The Bertz CT molecular complexity index is 1530. The Balaban J connectivity index is 1.72. The summed E-state index contributed by atoms with van der Waals surface area (Å²) in [6.07, 6.45) is 22.2. The molecule has 1 aromatic rings. The lowest BCUT2D eigenvalue weighted by molar-refractivity contribution is 0.357. The summed E-state index contributed by atoms with van der Waals surface area (Å²) in [4.78, 5) is 2.22. The predicted molar refractivity (Wildman–Crippen MR) is 264 cm³/mol. The zero-order valence-electron chi connectivity index (χ0n) is 27.9. The fraction of sp³-hybridized carbons (Fsp3) is 0.333. The smallest absolute Gasteiger partial charge is 0.180 e. The minimum Gasteiger partial charge on any atom is -0.491 e. The summed E-state index contributed by atoms with van der Waals surface area (Å²) in [5, 5.41) is 0. The van der Waals surface area contributed by atoms with E-state index in [0.29, 0.717) is 0 Å². The van der Waals surface area contributed by atoms with E-state index in [4.69, 9.17) is 9.47 Å². The molecule has 0 saturated carbocycles. The molecule has 266 valence electrons. The molecule has 49 heavy (non-hydrogen) atoms. The maximum Gasteiger partial charge on any atom is 0.180 e. The second-order valence-corrected chi connectivity index (χ2v) is 27.8. The van der Waals surface area contributed by atoms with Gasteiger partial charge in [-0.25, -0.2) is 0 Å². The van der Waals surface area contributed by atoms with Crippen LogP contribution in [0.1, 0.15) is 9.75 Å². The quantitative estimate of drug-likeness (QED) is 0.176. The van der Waals surface area contributed by atoms with Crippen LogP contribution in [0.2, 0.25) is 0 Å². The molecule has 0 saturated heterocycles. The molecule has 0 spiro atoms. The van der Waals surface area contributed by atoms with Crippen LogP contribution in [0.25, 0.3) is 11.1 Å². The van der Waals surface area contributed by atoms with E-state index in [2.05, 4.69) is 62.2 Å². The van der Waals surface area contributed by atoms with Crippen LogP contribution in [-0.4, -0.2) is 64.3 Å². The lowest BCUT2D eigenvalue weighted by Gasteiger charge is -2.11. The molecule has 19 heteroatoms. The number of rotatable bonds is 14. The van der Waals surface area contributed by atoms with E-state index in [-0.39, 0.29) is 0 Å².